The van der Waals surface area contributed by atoms with Crippen LogP contribution in [0.25, 0.3) is 0 Å². The summed E-state index contributed by atoms with van der Waals surface area (Å²) in [7, 11) is 0. The largest absolute Gasteiger partial charge is 0.394 e. The summed E-state index contributed by atoms with van der Waals surface area (Å²) in [6, 6.07) is 0. The second-order valence-electron chi connectivity index (χ2n) is 9.67. The average molecular weight is 449 g/mol. The Labute approximate surface area is 181 Å². The van der Waals surface area contributed by atoms with Gasteiger partial charge in [0.2, 0.25) is 0 Å². The molecule has 6 unspecified atom stereocenters. The molecule has 2 heterocycles. The van der Waals surface area contributed by atoms with Crippen LogP contribution in [0.2, 0.25) is 0 Å². The van der Waals surface area contributed by atoms with E-state index in [4.69, 9.17) is 14.2 Å². The summed E-state index contributed by atoms with van der Waals surface area (Å²) >= 11 is 0. The first-order chi connectivity index (χ1) is 14.8. The maximum atomic E-state index is 10.5. The van der Waals surface area contributed by atoms with Crippen molar-refractivity contribution in [2.75, 3.05) is 6.61 Å². The Hall–Kier alpha value is -0.400. The lowest BCUT2D eigenvalue weighted by Crippen LogP contribution is -2.62. The zero-order valence-corrected chi connectivity index (χ0v) is 17.5. The highest BCUT2D eigenvalue weighted by Crippen LogP contribution is 2.43. The third-order valence-electron chi connectivity index (χ3n) is 7.56. The molecule has 180 valence electrons. The zero-order valence-electron chi connectivity index (χ0n) is 17.5. The molecule has 0 bridgehead atoms. The van der Waals surface area contributed by atoms with Gasteiger partial charge in [0, 0.05) is 5.92 Å². The quantitative estimate of drug-likeness (QED) is 0.256. The van der Waals surface area contributed by atoms with Crippen LogP contribution in [-0.4, -0.2) is 110 Å². The Balaban J connectivity index is 1.52. The molecule has 0 spiro atoms. The van der Waals surface area contributed by atoms with Crippen LogP contribution in [-0.2, 0) is 14.2 Å². The van der Waals surface area contributed by atoms with Gasteiger partial charge in [0.05, 0.1) is 43.2 Å². The van der Waals surface area contributed by atoms with Gasteiger partial charge in [-0.1, -0.05) is 0 Å². The molecule has 2 aliphatic heterocycles. The molecular formula is C21H36O10. The predicted octanol–water partition coefficient (Wildman–Crippen LogP) is -1.99. The molecule has 4 fully saturated rings. The van der Waals surface area contributed by atoms with Crippen LogP contribution in [0, 0.1) is 11.8 Å². The van der Waals surface area contributed by atoms with Crippen LogP contribution < -0.4 is 0 Å². The maximum Gasteiger partial charge on any atom is 0.187 e. The number of hydrogen-bond donors (Lipinski definition) is 7. The van der Waals surface area contributed by atoms with E-state index in [0.29, 0.717) is 25.7 Å². The third-order valence-corrected chi connectivity index (χ3v) is 7.56. The minimum absolute atomic E-state index is 0.0930. The standard InChI is InChI=1S/C21H36O10/c22-8-16-17(26)18(27)19(28)21(31-16)30-15-7-12-13(25)5-11(24)6-14(12)29-20(15)9-1-3-10(23)4-2-9/h9-28H,1-8H2/t9?,10?,11?,12?,13?,14?,15?,16-,17-,18+,19-,20?,21+/m0/s1. The summed E-state index contributed by atoms with van der Waals surface area (Å²) in [6.45, 7) is -0.544. The van der Waals surface area contributed by atoms with Gasteiger partial charge in [-0.25, -0.2) is 0 Å². The fourth-order valence-corrected chi connectivity index (χ4v) is 5.73. The van der Waals surface area contributed by atoms with Crippen LogP contribution in [0.1, 0.15) is 44.9 Å². The fraction of sp³-hybridized carbons (Fsp3) is 1.00. The van der Waals surface area contributed by atoms with E-state index in [0.717, 1.165) is 12.8 Å². The van der Waals surface area contributed by atoms with Crippen molar-refractivity contribution in [3.63, 3.8) is 0 Å². The van der Waals surface area contributed by atoms with Crippen LogP contribution in [0.15, 0.2) is 0 Å². The molecule has 10 nitrogen and oxygen atoms in total. The lowest BCUT2D eigenvalue weighted by Gasteiger charge is -2.50. The Bertz CT molecular complexity index is 583. The minimum Gasteiger partial charge on any atom is -0.394 e. The van der Waals surface area contributed by atoms with Crippen LogP contribution in [0.3, 0.4) is 0 Å². The SMILES string of the molecule is OC[C@@H]1O[C@@H](OC2CC3C(O)CC(O)CC3OC2C2CCC(O)CC2)[C@@H](O)[C@H](O)[C@H]1O. The summed E-state index contributed by atoms with van der Waals surface area (Å²) < 4.78 is 18.0. The van der Waals surface area contributed by atoms with E-state index in [9.17, 15) is 35.7 Å². The van der Waals surface area contributed by atoms with E-state index in [1.165, 1.54) is 0 Å². The summed E-state index contributed by atoms with van der Waals surface area (Å²) in [6.07, 6.45) is -5.94. The number of aliphatic hydroxyl groups excluding tert-OH is 7. The Morgan fingerprint density at radius 3 is 2.13 bits per heavy atom. The van der Waals surface area contributed by atoms with Gasteiger partial charge in [-0.2, -0.15) is 0 Å². The van der Waals surface area contributed by atoms with Crippen molar-refractivity contribution in [1.29, 1.82) is 0 Å². The van der Waals surface area contributed by atoms with Crippen LogP contribution >= 0.6 is 0 Å². The molecular weight excluding hydrogens is 412 g/mol. The highest BCUT2D eigenvalue weighted by Gasteiger charge is 2.51. The summed E-state index contributed by atoms with van der Waals surface area (Å²) in [5.74, 6) is -0.154. The Kier molecular flexibility index (Phi) is 7.54. The van der Waals surface area contributed by atoms with Gasteiger partial charge in [-0.3, -0.25) is 0 Å². The molecule has 31 heavy (non-hydrogen) atoms. The second-order valence-corrected chi connectivity index (χ2v) is 9.67. The van der Waals surface area contributed by atoms with Crippen molar-refractivity contribution >= 4 is 0 Å². The van der Waals surface area contributed by atoms with Gasteiger partial charge >= 0.3 is 0 Å². The molecule has 4 rings (SSSR count). The molecule has 2 saturated heterocycles. The first-order valence-electron chi connectivity index (χ1n) is 11.4. The molecule has 7 N–H and O–H groups in total. The van der Waals surface area contributed by atoms with Crippen molar-refractivity contribution < 1.29 is 50.0 Å². The van der Waals surface area contributed by atoms with E-state index in [-0.39, 0.29) is 30.5 Å². The second kappa shape index (κ2) is 9.84. The van der Waals surface area contributed by atoms with Gasteiger partial charge in [-0.05, 0) is 50.9 Å². The molecule has 0 aromatic rings. The van der Waals surface area contributed by atoms with Gasteiger partial charge in [0.25, 0.3) is 0 Å². The number of ether oxygens (including phenoxy) is 3. The predicted molar refractivity (Wildman–Crippen MR) is 105 cm³/mol. The van der Waals surface area contributed by atoms with Crippen LogP contribution in [0.4, 0.5) is 0 Å². The molecule has 0 aromatic carbocycles. The van der Waals surface area contributed by atoms with Crippen molar-refractivity contribution in [2.24, 2.45) is 11.8 Å². The molecule has 0 amide bonds. The minimum atomic E-state index is -1.54. The number of rotatable bonds is 4. The monoisotopic (exact) mass is 448 g/mol. The first kappa shape index (κ1) is 23.7. The Morgan fingerprint density at radius 2 is 1.45 bits per heavy atom. The van der Waals surface area contributed by atoms with E-state index < -0.39 is 61.7 Å². The maximum absolute atomic E-state index is 10.5. The normalized spacial score (nSPS) is 53.7. The summed E-state index contributed by atoms with van der Waals surface area (Å²) in [5.41, 5.74) is 0. The molecule has 4 aliphatic rings. The zero-order chi connectivity index (χ0) is 22.3. The topological polar surface area (TPSA) is 169 Å². The number of hydrogen-bond acceptors (Lipinski definition) is 10. The van der Waals surface area contributed by atoms with E-state index in [2.05, 4.69) is 0 Å². The summed E-state index contributed by atoms with van der Waals surface area (Å²) in [4.78, 5) is 0. The van der Waals surface area contributed by atoms with E-state index in [1.807, 2.05) is 0 Å². The molecule has 2 aliphatic carbocycles. The summed E-state index contributed by atoms with van der Waals surface area (Å²) in [5, 5.41) is 70.5. The van der Waals surface area contributed by atoms with E-state index >= 15 is 0 Å². The Morgan fingerprint density at radius 1 is 0.742 bits per heavy atom. The lowest BCUT2D eigenvalue weighted by molar-refractivity contribution is -0.332. The molecule has 10 heteroatoms. The molecule has 0 radical (unpaired) electrons. The fourth-order valence-electron chi connectivity index (χ4n) is 5.73. The third kappa shape index (κ3) is 4.93. The number of fused-ring (bicyclic) bond motifs is 1. The van der Waals surface area contributed by atoms with Crippen LogP contribution in [0.5, 0.6) is 0 Å². The highest BCUT2D eigenvalue weighted by molar-refractivity contribution is 4.98. The van der Waals surface area contributed by atoms with Gasteiger partial charge < -0.3 is 50.0 Å². The number of aliphatic hydroxyl groups is 7. The lowest BCUT2D eigenvalue weighted by atomic mass is 9.73. The smallest absolute Gasteiger partial charge is 0.187 e. The van der Waals surface area contributed by atoms with Gasteiger partial charge in [-0.15, -0.1) is 0 Å². The molecule has 11 atom stereocenters. The van der Waals surface area contributed by atoms with Crippen molar-refractivity contribution in [3.05, 3.63) is 0 Å². The van der Waals surface area contributed by atoms with E-state index in [1.54, 1.807) is 0 Å². The average Bonchev–Trinajstić information content (AvgIpc) is 2.74. The first-order valence-corrected chi connectivity index (χ1v) is 11.4. The van der Waals surface area contributed by atoms with Gasteiger partial charge in [0.1, 0.15) is 24.4 Å². The molecule has 0 aromatic heterocycles. The van der Waals surface area contributed by atoms with Gasteiger partial charge in [0.15, 0.2) is 6.29 Å². The van der Waals surface area contributed by atoms with Crippen molar-refractivity contribution in [3.8, 4) is 0 Å². The van der Waals surface area contributed by atoms with Crippen molar-refractivity contribution in [2.45, 2.75) is 112 Å². The highest BCUT2D eigenvalue weighted by atomic mass is 16.7. The van der Waals surface area contributed by atoms with Crippen molar-refractivity contribution in [1.82, 2.24) is 0 Å². The molecule has 2 saturated carbocycles.